The molecule has 0 bridgehead atoms. The average molecular weight is 237 g/mol. The number of aromatic nitrogens is 4. The minimum absolute atomic E-state index is 0.758. The largest absolute Gasteiger partial charge is 0.307 e. The fourth-order valence-electron chi connectivity index (χ4n) is 1.62. The molecule has 0 unspecified atom stereocenters. The van der Waals surface area contributed by atoms with Crippen LogP contribution in [0, 0.1) is 0 Å². The molecule has 5 nitrogen and oxygen atoms in total. The van der Waals surface area contributed by atoms with Crippen LogP contribution in [0.5, 0.6) is 0 Å². The number of hydrogen-bond donors (Lipinski definition) is 1. The van der Waals surface area contributed by atoms with Crippen LogP contribution in [0.4, 0.5) is 0 Å². The molecule has 0 aliphatic heterocycles. The standard InChI is InChI=1S/C10H15N5S/c1-3-10-8(6-15(2)13-10)4-11-5-9-7-16-14-12-9/h6-7,11H,3-5H2,1-2H3. The van der Waals surface area contributed by atoms with E-state index in [1.54, 1.807) is 0 Å². The predicted octanol–water partition coefficient (Wildman–Crippen LogP) is 1.12. The maximum atomic E-state index is 4.40. The zero-order valence-electron chi connectivity index (χ0n) is 9.47. The van der Waals surface area contributed by atoms with Crippen molar-refractivity contribution in [3.63, 3.8) is 0 Å². The Bertz CT molecular complexity index is 434. The molecule has 16 heavy (non-hydrogen) atoms. The summed E-state index contributed by atoms with van der Waals surface area (Å²) in [5.41, 5.74) is 3.41. The Morgan fingerprint density at radius 3 is 3.00 bits per heavy atom. The summed E-state index contributed by atoms with van der Waals surface area (Å²) >= 11 is 1.38. The van der Waals surface area contributed by atoms with E-state index < -0.39 is 0 Å². The minimum Gasteiger partial charge on any atom is -0.307 e. The lowest BCUT2D eigenvalue weighted by molar-refractivity contribution is 0.673. The second-order valence-electron chi connectivity index (χ2n) is 3.63. The molecule has 0 aromatic carbocycles. The SMILES string of the molecule is CCc1nn(C)cc1CNCc1csnn1. The summed E-state index contributed by atoms with van der Waals surface area (Å²) in [6.07, 6.45) is 3.03. The molecule has 86 valence electrons. The number of hydrogen-bond acceptors (Lipinski definition) is 5. The molecule has 1 N–H and O–H groups in total. The van der Waals surface area contributed by atoms with Crippen LogP contribution in [0.25, 0.3) is 0 Å². The van der Waals surface area contributed by atoms with Crippen LogP contribution >= 0.6 is 11.5 Å². The van der Waals surface area contributed by atoms with Gasteiger partial charge in [-0.25, -0.2) is 0 Å². The lowest BCUT2D eigenvalue weighted by Crippen LogP contribution is -2.13. The van der Waals surface area contributed by atoms with Gasteiger partial charge in [-0.15, -0.1) is 5.10 Å². The minimum atomic E-state index is 0.758. The van der Waals surface area contributed by atoms with Crippen molar-refractivity contribution in [2.45, 2.75) is 26.4 Å². The number of nitrogens with one attached hydrogen (secondary N) is 1. The third kappa shape index (κ3) is 2.65. The molecule has 0 fully saturated rings. The van der Waals surface area contributed by atoms with Crippen LogP contribution in [-0.2, 0) is 26.6 Å². The molecular weight excluding hydrogens is 222 g/mol. The molecule has 0 saturated heterocycles. The summed E-state index contributed by atoms with van der Waals surface area (Å²) < 4.78 is 5.68. The predicted molar refractivity (Wildman–Crippen MR) is 63.0 cm³/mol. The van der Waals surface area contributed by atoms with Gasteiger partial charge in [0.25, 0.3) is 0 Å². The second kappa shape index (κ2) is 5.18. The molecule has 2 aromatic rings. The van der Waals surface area contributed by atoms with Crippen LogP contribution in [0.1, 0.15) is 23.9 Å². The monoisotopic (exact) mass is 237 g/mol. The van der Waals surface area contributed by atoms with Gasteiger partial charge < -0.3 is 5.32 Å². The van der Waals surface area contributed by atoms with Crippen molar-refractivity contribution in [3.05, 3.63) is 28.5 Å². The molecule has 0 saturated carbocycles. The van der Waals surface area contributed by atoms with Crippen molar-refractivity contribution in [2.24, 2.45) is 7.05 Å². The molecule has 0 spiro atoms. The smallest absolute Gasteiger partial charge is 0.0893 e. The van der Waals surface area contributed by atoms with E-state index in [2.05, 4.69) is 33.1 Å². The Morgan fingerprint density at radius 1 is 1.44 bits per heavy atom. The fourth-order valence-corrected chi connectivity index (χ4v) is 2.07. The van der Waals surface area contributed by atoms with Crippen molar-refractivity contribution in [2.75, 3.05) is 0 Å². The molecule has 0 aliphatic rings. The first kappa shape index (κ1) is 11.2. The summed E-state index contributed by atoms with van der Waals surface area (Å²) in [6, 6.07) is 0. The Balaban J connectivity index is 1.89. The first-order chi connectivity index (χ1) is 7.79. The van der Waals surface area contributed by atoms with Crippen molar-refractivity contribution in [1.82, 2.24) is 24.7 Å². The van der Waals surface area contributed by atoms with Crippen LogP contribution in [0.15, 0.2) is 11.6 Å². The molecule has 0 radical (unpaired) electrons. The Morgan fingerprint density at radius 2 is 2.31 bits per heavy atom. The highest BCUT2D eigenvalue weighted by atomic mass is 32.1. The highest BCUT2D eigenvalue weighted by Gasteiger charge is 2.05. The Hall–Kier alpha value is -1.27. The zero-order chi connectivity index (χ0) is 11.4. The summed E-state index contributed by atoms with van der Waals surface area (Å²) in [4.78, 5) is 0. The number of aryl methyl sites for hydroxylation is 2. The summed E-state index contributed by atoms with van der Waals surface area (Å²) in [5, 5.41) is 13.7. The topological polar surface area (TPSA) is 55.6 Å². The number of nitrogens with zero attached hydrogens (tertiary/aromatic N) is 4. The maximum Gasteiger partial charge on any atom is 0.0893 e. The third-order valence-electron chi connectivity index (χ3n) is 2.35. The van der Waals surface area contributed by atoms with Crippen molar-refractivity contribution >= 4 is 11.5 Å². The van der Waals surface area contributed by atoms with Gasteiger partial charge in [-0.1, -0.05) is 11.4 Å². The molecule has 2 rings (SSSR count). The van der Waals surface area contributed by atoms with Gasteiger partial charge in [0.05, 0.1) is 11.4 Å². The van der Waals surface area contributed by atoms with E-state index in [9.17, 15) is 0 Å². The maximum absolute atomic E-state index is 4.40. The quantitative estimate of drug-likeness (QED) is 0.847. The molecule has 6 heteroatoms. The average Bonchev–Trinajstić information content (AvgIpc) is 2.88. The van der Waals surface area contributed by atoms with Crippen molar-refractivity contribution in [1.29, 1.82) is 0 Å². The lowest BCUT2D eigenvalue weighted by Gasteiger charge is -2.01. The first-order valence-electron chi connectivity index (χ1n) is 5.27. The second-order valence-corrected chi connectivity index (χ2v) is 4.24. The van der Waals surface area contributed by atoms with E-state index in [4.69, 9.17) is 0 Å². The molecule has 2 aromatic heterocycles. The fraction of sp³-hybridized carbons (Fsp3) is 0.500. The van der Waals surface area contributed by atoms with Crippen LogP contribution < -0.4 is 5.32 Å². The molecule has 2 heterocycles. The molecular formula is C10H15N5S. The van der Waals surface area contributed by atoms with Gasteiger partial charge in [-0.2, -0.15) is 5.10 Å². The third-order valence-corrected chi connectivity index (χ3v) is 2.91. The lowest BCUT2D eigenvalue weighted by atomic mass is 10.2. The van der Waals surface area contributed by atoms with Gasteiger partial charge in [0.2, 0.25) is 0 Å². The van der Waals surface area contributed by atoms with E-state index in [1.807, 2.05) is 17.1 Å². The highest BCUT2D eigenvalue weighted by molar-refractivity contribution is 7.03. The van der Waals surface area contributed by atoms with Crippen LogP contribution in [0.2, 0.25) is 0 Å². The molecule has 0 aliphatic carbocycles. The Kier molecular flexibility index (Phi) is 3.63. The zero-order valence-corrected chi connectivity index (χ0v) is 10.3. The van der Waals surface area contributed by atoms with E-state index >= 15 is 0 Å². The summed E-state index contributed by atoms with van der Waals surface area (Å²) in [6.45, 7) is 3.71. The van der Waals surface area contributed by atoms with Crippen LogP contribution in [0.3, 0.4) is 0 Å². The van der Waals surface area contributed by atoms with Gasteiger partial charge in [0.15, 0.2) is 0 Å². The van der Waals surface area contributed by atoms with E-state index in [-0.39, 0.29) is 0 Å². The van der Waals surface area contributed by atoms with Gasteiger partial charge >= 0.3 is 0 Å². The highest BCUT2D eigenvalue weighted by Crippen LogP contribution is 2.07. The van der Waals surface area contributed by atoms with Crippen LogP contribution in [-0.4, -0.2) is 19.4 Å². The normalized spacial score (nSPS) is 10.9. The molecule has 0 amide bonds. The van der Waals surface area contributed by atoms with Gasteiger partial charge in [0.1, 0.15) is 0 Å². The molecule has 0 atom stereocenters. The van der Waals surface area contributed by atoms with E-state index in [0.29, 0.717) is 0 Å². The van der Waals surface area contributed by atoms with E-state index in [0.717, 1.165) is 30.9 Å². The van der Waals surface area contributed by atoms with Crippen molar-refractivity contribution in [3.8, 4) is 0 Å². The first-order valence-corrected chi connectivity index (χ1v) is 6.11. The summed E-state index contributed by atoms with van der Waals surface area (Å²) in [5.74, 6) is 0. The van der Waals surface area contributed by atoms with Crippen molar-refractivity contribution < 1.29 is 0 Å². The van der Waals surface area contributed by atoms with Gasteiger partial charge in [0, 0.05) is 37.3 Å². The Labute approximate surface area is 98.7 Å². The number of rotatable bonds is 5. The van der Waals surface area contributed by atoms with Gasteiger partial charge in [-0.05, 0) is 18.0 Å². The summed E-state index contributed by atoms with van der Waals surface area (Å²) in [7, 11) is 1.95. The van der Waals surface area contributed by atoms with E-state index in [1.165, 1.54) is 17.1 Å². The van der Waals surface area contributed by atoms with Gasteiger partial charge in [-0.3, -0.25) is 4.68 Å².